The number of fused-ring (bicyclic) bond motifs is 6. The van der Waals surface area contributed by atoms with Gasteiger partial charge in [0.1, 0.15) is 22.9 Å². The van der Waals surface area contributed by atoms with Gasteiger partial charge in [0.25, 0.3) is 0 Å². The number of esters is 1. The fourth-order valence-electron chi connectivity index (χ4n) is 8.80. The van der Waals surface area contributed by atoms with E-state index in [1.165, 1.54) is 5.57 Å². The predicted octanol–water partition coefficient (Wildman–Crippen LogP) is 4.86. The summed E-state index contributed by atoms with van der Waals surface area (Å²) in [4.78, 5) is 24.6. The zero-order chi connectivity index (χ0) is 22.5. The van der Waals surface area contributed by atoms with Gasteiger partial charge in [0.15, 0.2) is 0 Å². The molecule has 3 saturated carbocycles. The highest BCUT2D eigenvalue weighted by molar-refractivity contribution is 5.83. The molecule has 1 aliphatic heterocycles. The summed E-state index contributed by atoms with van der Waals surface area (Å²) in [5.41, 5.74) is 0.333. The molecule has 32 heavy (non-hydrogen) atoms. The molecule has 4 aliphatic carbocycles. The lowest BCUT2D eigenvalue weighted by atomic mass is 9.44. The van der Waals surface area contributed by atoms with Crippen molar-refractivity contribution in [3.63, 3.8) is 0 Å². The maximum absolute atomic E-state index is 12.4. The van der Waals surface area contributed by atoms with E-state index in [-0.39, 0.29) is 34.6 Å². The van der Waals surface area contributed by atoms with E-state index in [4.69, 9.17) is 9.15 Å². The van der Waals surface area contributed by atoms with Gasteiger partial charge >= 0.3 is 5.97 Å². The molecule has 0 aromatic carbocycles. The second kappa shape index (κ2) is 6.59. The molecular formula is C27H34O5. The molecule has 172 valence electrons. The zero-order valence-corrected chi connectivity index (χ0v) is 19.4. The molecule has 2 heterocycles. The molecule has 8 atom stereocenters. The summed E-state index contributed by atoms with van der Waals surface area (Å²) in [5, 5.41) is 11.8. The van der Waals surface area contributed by atoms with Crippen molar-refractivity contribution in [1.29, 1.82) is 0 Å². The summed E-state index contributed by atoms with van der Waals surface area (Å²) in [5.74, 6) is 2.69. The van der Waals surface area contributed by atoms with Crippen molar-refractivity contribution < 1.29 is 23.8 Å². The first-order chi connectivity index (χ1) is 15.2. The number of ether oxygens (including phenoxy) is 1. The van der Waals surface area contributed by atoms with Crippen molar-refractivity contribution in [3.05, 3.63) is 35.3 Å². The minimum Gasteiger partial charge on any atom is -0.466 e. The Labute approximate surface area is 189 Å². The number of allylic oxidation sites excluding steroid dienone is 2. The van der Waals surface area contributed by atoms with Gasteiger partial charge in [-0.2, -0.15) is 0 Å². The van der Waals surface area contributed by atoms with Crippen LogP contribution in [-0.2, 0) is 14.3 Å². The highest BCUT2D eigenvalue weighted by Crippen LogP contribution is 2.71. The summed E-state index contributed by atoms with van der Waals surface area (Å²) in [6.07, 6.45) is 7.52. The fraction of sp³-hybridized carbons (Fsp3) is 0.704. The second-order valence-corrected chi connectivity index (χ2v) is 11.7. The first-order valence-corrected chi connectivity index (χ1v) is 12.4. The number of aliphatic hydroxyl groups excluding tert-OH is 1. The zero-order valence-electron chi connectivity index (χ0n) is 19.4. The number of furan rings is 1. The van der Waals surface area contributed by atoms with Gasteiger partial charge in [-0.1, -0.05) is 25.5 Å². The Morgan fingerprint density at radius 1 is 1.09 bits per heavy atom. The molecule has 5 aliphatic rings. The first-order valence-electron chi connectivity index (χ1n) is 12.4. The Morgan fingerprint density at radius 2 is 1.91 bits per heavy atom. The SMILES string of the molecule is Cc1ccc([C@@H]2C=C3CC(=O)CC[C@]3(C)C3[C@@H]2C2CCC4(CCC(=O)O4)[C@@]2(C)C[C@H]3O)o1. The lowest BCUT2D eigenvalue weighted by molar-refractivity contribution is -0.184. The number of Topliss-reactive ketones (excluding diaryl/α,β-unsaturated/α-hetero) is 1. The van der Waals surface area contributed by atoms with Crippen LogP contribution in [0.5, 0.6) is 0 Å². The van der Waals surface area contributed by atoms with E-state index in [9.17, 15) is 14.7 Å². The summed E-state index contributed by atoms with van der Waals surface area (Å²) < 4.78 is 12.2. The van der Waals surface area contributed by atoms with E-state index < -0.39 is 11.7 Å². The van der Waals surface area contributed by atoms with Crippen LogP contribution in [0.3, 0.4) is 0 Å². The Hall–Kier alpha value is -1.88. The van der Waals surface area contributed by atoms with Crippen molar-refractivity contribution in [2.24, 2.45) is 28.6 Å². The largest absolute Gasteiger partial charge is 0.466 e. The first kappa shape index (κ1) is 20.7. The van der Waals surface area contributed by atoms with E-state index in [1.807, 2.05) is 13.0 Å². The Bertz CT molecular complexity index is 1020. The fourth-order valence-corrected chi connectivity index (χ4v) is 8.80. The van der Waals surface area contributed by atoms with Gasteiger partial charge in [0, 0.05) is 30.6 Å². The topological polar surface area (TPSA) is 76.7 Å². The monoisotopic (exact) mass is 438 g/mol. The van der Waals surface area contributed by atoms with Crippen LogP contribution in [0.2, 0.25) is 0 Å². The maximum atomic E-state index is 12.4. The average molecular weight is 439 g/mol. The minimum atomic E-state index is -0.490. The molecular weight excluding hydrogens is 404 g/mol. The van der Waals surface area contributed by atoms with Crippen LogP contribution < -0.4 is 0 Å². The molecule has 5 nitrogen and oxygen atoms in total. The van der Waals surface area contributed by atoms with Crippen LogP contribution >= 0.6 is 0 Å². The normalized spacial score (nSPS) is 47.6. The molecule has 0 amide bonds. The summed E-state index contributed by atoms with van der Waals surface area (Å²) in [6.45, 7) is 6.51. The van der Waals surface area contributed by atoms with Crippen molar-refractivity contribution >= 4 is 11.8 Å². The molecule has 1 N–H and O–H groups in total. The Morgan fingerprint density at radius 3 is 2.59 bits per heavy atom. The molecule has 1 saturated heterocycles. The quantitative estimate of drug-likeness (QED) is 0.500. The lowest BCUT2D eigenvalue weighted by Crippen LogP contribution is -2.60. The second-order valence-electron chi connectivity index (χ2n) is 11.7. The van der Waals surface area contributed by atoms with Gasteiger partial charge in [-0.05, 0) is 74.3 Å². The molecule has 6 rings (SSSR count). The number of aliphatic hydroxyl groups is 1. The van der Waals surface area contributed by atoms with Crippen LogP contribution in [-0.4, -0.2) is 28.6 Å². The summed E-state index contributed by atoms with van der Waals surface area (Å²) in [7, 11) is 0. The third-order valence-electron chi connectivity index (χ3n) is 10.4. The average Bonchev–Trinajstić information content (AvgIpc) is 3.40. The van der Waals surface area contributed by atoms with E-state index >= 15 is 0 Å². The minimum absolute atomic E-state index is 0.0363. The number of carbonyl (C=O) groups excluding carboxylic acids is 2. The highest BCUT2D eigenvalue weighted by Gasteiger charge is 2.70. The third-order valence-corrected chi connectivity index (χ3v) is 10.4. The van der Waals surface area contributed by atoms with Crippen LogP contribution in [0, 0.1) is 35.5 Å². The smallest absolute Gasteiger partial charge is 0.306 e. The van der Waals surface area contributed by atoms with Crippen molar-refractivity contribution in [2.75, 3.05) is 0 Å². The van der Waals surface area contributed by atoms with Crippen molar-refractivity contribution in [3.8, 4) is 0 Å². The van der Waals surface area contributed by atoms with Gasteiger partial charge in [-0.15, -0.1) is 0 Å². The molecule has 5 heteroatoms. The number of hydrogen-bond acceptors (Lipinski definition) is 5. The van der Waals surface area contributed by atoms with Gasteiger partial charge < -0.3 is 14.3 Å². The van der Waals surface area contributed by atoms with Gasteiger partial charge in [0.05, 0.1) is 6.10 Å². The highest BCUT2D eigenvalue weighted by atomic mass is 16.6. The molecule has 1 aromatic rings. The molecule has 1 spiro atoms. The van der Waals surface area contributed by atoms with Gasteiger partial charge in [0.2, 0.25) is 0 Å². The number of ketones is 1. The molecule has 0 radical (unpaired) electrons. The number of rotatable bonds is 1. The predicted molar refractivity (Wildman–Crippen MR) is 118 cm³/mol. The molecule has 0 bridgehead atoms. The summed E-state index contributed by atoms with van der Waals surface area (Å²) in [6, 6.07) is 4.08. The Kier molecular flexibility index (Phi) is 4.26. The molecule has 1 aromatic heterocycles. The van der Waals surface area contributed by atoms with Crippen molar-refractivity contribution in [1.82, 2.24) is 0 Å². The molecule has 3 unspecified atom stereocenters. The number of hydrogen-bond donors (Lipinski definition) is 1. The summed E-state index contributed by atoms with van der Waals surface area (Å²) >= 11 is 0. The van der Waals surface area contributed by atoms with Gasteiger partial charge in [-0.3, -0.25) is 9.59 Å². The van der Waals surface area contributed by atoms with E-state index in [0.29, 0.717) is 37.4 Å². The maximum Gasteiger partial charge on any atom is 0.306 e. The third kappa shape index (κ3) is 2.55. The Balaban J connectivity index is 1.51. The van der Waals surface area contributed by atoms with E-state index in [1.54, 1.807) is 0 Å². The number of carbonyl (C=O) groups is 2. The van der Waals surface area contributed by atoms with Crippen LogP contribution in [0.1, 0.15) is 82.7 Å². The van der Waals surface area contributed by atoms with Crippen molar-refractivity contribution in [2.45, 2.75) is 89.8 Å². The van der Waals surface area contributed by atoms with E-state index in [2.05, 4.69) is 26.0 Å². The van der Waals surface area contributed by atoms with E-state index in [0.717, 1.165) is 37.2 Å². The standard InChI is InChI=1S/C27H34O5/c1-15-4-5-21(31-15)18-13-16-12-17(28)6-9-25(16,2)24-20(29)14-26(3)19(23(18)24)7-10-27(26)11-8-22(30)32-27/h4-5,13,18-20,23-24,29H,6-12,14H2,1-3H3/t18-,19?,20+,23-,24?,25-,26-,27?/m0/s1. The lowest BCUT2D eigenvalue weighted by Gasteiger charge is -2.61. The molecule has 4 fully saturated rings. The van der Waals surface area contributed by atoms with Crippen LogP contribution in [0.25, 0.3) is 0 Å². The van der Waals surface area contributed by atoms with Crippen LogP contribution in [0.15, 0.2) is 28.2 Å². The van der Waals surface area contributed by atoms with Crippen LogP contribution in [0.4, 0.5) is 0 Å². The number of aryl methyl sites for hydroxylation is 1. The van der Waals surface area contributed by atoms with Gasteiger partial charge in [-0.25, -0.2) is 0 Å².